The molecule has 4 rings (SSSR count). The minimum absolute atomic E-state index is 0.148. The van der Waals surface area contributed by atoms with Crippen molar-refractivity contribution in [2.45, 2.75) is 45.1 Å². The van der Waals surface area contributed by atoms with Crippen molar-refractivity contribution in [3.63, 3.8) is 0 Å². The number of fused-ring (bicyclic) bond motifs is 1. The predicted molar refractivity (Wildman–Crippen MR) is 107 cm³/mol. The fourth-order valence-corrected chi connectivity index (χ4v) is 3.97. The maximum atomic E-state index is 12.7. The maximum Gasteiger partial charge on any atom is 0.227 e. The van der Waals surface area contributed by atoms with E-state index in [0.717, 1.165) is 60.9 Å². The Bertz CT molecular complexity index is 816. The Morgan fingerprint density at radius 1 is 1.32 bits per heavy atom. The van der Waals surface area contributed by atoms with Crippen LogP contribution in [0.2, 0.25) is 0 Å². The first-order valence-electron chi connectivity index (χ1n) is 10.3. The average Bonchev–Trinajstić information content (AvgIpc) is 2.75. The summed E-state index contributed by atoms with van der Waals surface area (Å²) >= 11 is 0. The van der Waals surface area contributed by atoms with Crippen LogP contribution in [-0.4, -0.2) is 47.0 Å². The van der Waals surface area contributed by atoms with Gasteiger partial charge in [0.2, 0.25) is 5.91 Å². The molecule has 0 bridgehead atoms. The van der Waals surface area contributed by atoms with Crippen LogP contribution < -0.4 is 10.1 Å². The standard InChI is InChI=1S/C22H28N4O2/c1-2-28-19-7-5-16(6-8-19)12-21(27)26-11-9-20-18(15-26)14-24-22(25-20)17-4-3-10-23-13-17/h5-8,14,17,23H,2-4,9-13,15H2,1H3/t17-/m0/s1. The van der Waals surface area contributed by atoms with E-state index in [1.54, 1.807) is 0 Å². The zero-order valence-corrected chi connectivity index (χ0v) is 16.5. The van der Waals surface area contributed by atoms with Crippen LogP contribution in [0.25, 0.3) is 0 Å². The van der Waals surface area contributed by atoms with Gasteiger partial charge in [-0.15, -0.1) is 0 Å². The minimum atomic E-state index is 0.148. The number of carbonyl (C=O) groups excluding carboxylic acids is 1. The third-order valence-corrected chi connectivity index (χ3v) is 5.56. The van der Waals surface area contributed by atoms with E-state index in [1.165, 1.54) is 6.42 Å². The third-order valence-electron chi connectivity index (χ3n) is 5.56. The van der Waals surface area contributed by atoms with Crippen LogP contribution in [0.3, 0.4) is 0 Å². The molecule has 1 aromatic heterocycles. The smallest absolute Gasteiger partial charge is 0.227 e. The van der Waals surface area contributed by atoms with Crippen molar-refractivity contribution in [1.29, 1.82) is 0 Å². The first-order chi connectivity index (χ1) is 13.7. The maximum absolute atomic E-state index is 12.7. The van der Waals surface area contributed by atoms with E-state index in [4.69, 9.17) is 9.72 Å². The Labute approximate surface area is 166 Å². The number of rotatable bonds is 5. The number of ether oxygens (including phenoxy) is 1. The van der Waals surface area contributed by atoms with Crippen molar-refractivity contribution in [3.8, 4) is 5.75 Å². The molecule has 1 aromatic carbocycles. The van der Waals surface area contributed by atoms with Gasteiger partial charge in [0, 0.05) is 43.7 Å². The summed E-state index contributed by atoms with van der Waals surface area (Å²) in [6.45, 7) is 5.99. The van der Waals surface area contributed by atoms with Gasteiger partial charge in [0.25, 0.3) is 0 Å². The van der Waals surface area contributed by atoms with E-state index in [9.17, 15) is 4.79 Å². The molecule has 1 N–H and O–H groups in total. The van der Waals surface area contributed by atoms with E-state index in [1.807, 2.05) is 42.3 Å². The summed E-state index contributed by atoms with van der Waals surface area (Å²) in [6, 6.07) is 7.78. The highest BCUT2D eigenvalue weighted by Gasteiger charge is 2.24. The topological polar surface area (TPSA) is 67.3 Å². The van der Waals surface area contributed by atoms with Gasteiger partial charge in [-0.2, -0.15) is 0 Å². The van der Waals surface area contributed by atoms with E-state index in [2.05, 4.69) is 10.3 Å². The number of hydrogen-bond donors (Lipinski definition) is 1. The van der Waals surface area contributed by atoms with Gasteiger partial charge in [-0.1, -0.05) is 12.1 Å². The van der Waals surface area contributed by atoms with Gasteiger partial charge in [0.15, 0.2) is 0 Å². The van der Waals surface area contributed by atoms with Crippen LogP contribution >= 0.6 is 0 Å². The normalized spacial score (nSPS) is 19.2. The van der Waals surface area contributed by atoms with Gasteiger partial charge in [0.1, 0.15) is 11.6 Å². The van der Waals surface area contributed by atoms with Crippen molar-refractivity contribution in [3.05, 3.63) is 53.1 Å². The number of aromatic nitrogens is 2. The zero-order valence-electron chi connectivity index (χ0n) is 16.5. The van der Waals surface area contributed by atoms with Crippen LogP contribution in [0.1, 0.15) is 48.3 Å². The molecule has 1 fully saturated rings. The SMILES string of the molecule is CCOc1ccc(CC(=O)N2CCc3nc([C@H]4CCCNC4)ncc3C2)cc1. The lowest BCUT2D eigenvalue weighted by Crippen LogP contribution is -2.38. The lowest BCUT2D eigenvalue weighted by Gasteiger charge is -2.29. The summed E-state index contributed by atoms with van der Waals surface area (Å²) in [5.74, 6) is 2.36. The van der Waals surface area contributed by atoms with Crippen LogP contribution in [0, 0.1) is 0 Å². The Kier molecular flexibility index (Phi) is 5.86. The molecule has 0 spiro atoms. The van der Waals surface area contributed by atoms with Crippen molar-refractivity contribution >= 4 is 5.91 Å². The van der Waals surface area contributed by atoms with Crippen molar-refractivity contribution in [1.82, 2.24) is 20.2 Å². The van der Waals surface area contributed by atoms with Gasteiger partial charge >= 0.3 is 0 Å². The molecule has 148 valence electrons. The number of carbonyl (C=O) groups is 1. The second-order valence-corrected chi connectivity index (χ2v) is 7.56. The van der Waals surface area contributed by atoms with E-state index >= 15 is 0 Å². The molecule has 1 atom stereocenters. The Hall–Kier alpha value is -2.47. The molecule has 0 unspecified atom stereocenters. The highest BCUT2D eigenvalue weighted by molar-refractivity contribution is 5.79. The van der Waals surface area contributed by atoms with Crippen molar-refractivity contribution in [2.24, 2.45) is 0 Å². The van der Waals surface area contributed by atoms with E-state index < -0.39 is 0 Å². The van der Waals surface area contributed by atoms with Gasteiger partial charge in [-0.25, -0.2) is 9.97 Å². The number of benzene rings is 1. The molecule has 28 heavy (non-hydrogen) atoms. The molecule has 2 aliphatic heterocycles. The van der Waals surface area contributed by atoms with Gasteiger partial charge in [0.05, 0.1) is 18.7 Å². The summed E-state index contributed by atoms with van der Waals surface area (Å²) in [6.07, 6.45) is 5.48. The quantitative estimate of drug-likeness (QED) is 0.863. The lowest BCUT2D eigenvalue weighted by molar-refractivity contribution is -0.131. The molecule has 2 aliphatic rings. The van der Waals surface area contributed by atoms with Crippen molar-refractivity contribution < 1.29 is 9.53 Å². The first-order valence-corrected chi connectivity index (χ1v) is 10.3. The lowest BCUT2D eigenvalue weighted by atomic mass is 9.98. The van der Waals surface area contributed by atoms with Gasteiger partial charge in [-0.3, -0.25) is 4.79 Å². The second-order valence-electron chi connectivity index (χ2n) is 7.56. The van der Waals surface area contributed by atoms with Crippen LogP contribution in [0.5, 0.6) is 5.75 Å². The number of amides is 1. The molecular weight excluding hydrogens is 352 g/mol. The van der Waals surface area contributed by atoms with Crippen molar-refractivity contribution in [2.75, 3.05) is 26.2 Å². The Balaban J connectivity index is 1.38. The second kappa shape index (κ2) is 8.69. The highest BCUT2D eigenvalue weighted by Crippen LogP contribution is 2.23. The summed E-state index contributed by atoms with van der Waals surface area (Å²) in [4.78, 5) is 24.1. The Morgan fingerprint density at radius 2 is 2.18 bits per heavy atom. The molecule has 0 radical (unpaired) electrons. The molecule has 2 aromatic rings. The third kappa shape index (κ3) is 4.33. The molecule has 0 aliphatic carbocycles. The van der Waals surface area contributed by atoms with Crippen LogP contribution in [0.15, 0.2) is 30.5 Å². The molecular formula is C22H28N4O2. The summed E-state index contributed by atoms with van der Waals surface area (Å²) in [7, 11) is 0. The fourth-order valence-electron chi connectivity index (χ4n) is 3.97. The van der Waals surface area contributed by atoms with Gasteiger partial charge < -0.3 is 15.0 Å². The number of nitrogens with one attached hydrogen (secondary N) is 1. The number of piperidine rings is 1. The first kappa shape index (κ1) is 18.9. The molecule has 0 saturated carbocycles. The highest BCUT2D eigenvalue weighted by atomic mass is 16.5. The summed E-state index contributed by atoms with van der Waals surface area (Å²) < 4.78 is 5.46. The molecule has 1 amide bonds. The van der Waals surface area contributed by atoms with E-state index in [-0.39, 0.29) is 5.91 Å². The number of hydrogen-bond acceptors (Lipinski definition) is 5. The average molecular weight is 380 g/mol. The zero-order chi connectivity index (χ0) is 19.3. The van der Waals surface area contributed by atoms with Crippen LogP contribution in [0.4, 0.5) is 0 Å². The summed E-state index contributed by atoms with van der Waals surface area (Å²) in [5.41, 5.74) is 3.20. The Morgan fingerprint density at radius 3 is 2.93 bits per heavy atom. The predicted octanol–water partition coefficient (Wildman–Crippen LogP) is 2.47. The number of nitrogens with zero attached hydrogens (tertiary/aromatic N) is 3. The molecule has 6 nitrogen and oxygen atoms in total. The largest absolute Gasteiger partial charge is 0.494 e. The molecule has 3 heterocycles. The molecule has 1 saturated heterocycles. The van der Waals surface area contributed by atoms with E-state index in [0.29, 0.717) is 25.5 Å². The fraction of sp³-hybridized carbons (Fsp3) is 0.500. The minimum Gasteiger partial charge on any atom is -0.494 e. The monoisotopic (exact) mass is 380 g/mol. The molecule has 6 heteroatoms. The van der Waals surface area contributed by atoms with Crippen LogP contribution in [-0.2, 0) is 24.2 Å². The van der Waals surface area contributed by atoms with Gasteiger partial charge in [-0.05, 0) is 44.0 Å². The summed E-state index contributed by atoms with van der Waals surface area (Å²) in [5, 5.41) is 3.43.